The van der Waals surface area contributed by atoms with E-state index >= 15 is 0 Å². The number of sulfonamides is 1. The summed E-state index contributed by atoms with van der Waals surface area (Å²) >= 11 is 0. The van der Waals surface area contributed by atoms with Crippen molar-refractivity contribution in [2.75, 3.05) is 19.6 Å². The number of nitrogens with one attached hydrogen (secondary N) is 1. The van der Waals surface area contributed by atoms with Gasteiger partial charge < -0.3 is 4.90 Å². The molecule has 0 saturated carbocycles. The summed E-state index contributed by atoms with van der Waals surface area (Å²) in [6, 6.07) is 16.6. The summed E-state index contributed by atoms with van der Waals surface area (Å²) in [7, 11) is -3.62. The average Bonchev–Trinajstić information content (AvgIpc) is 3.44. The Balaban J connectivity index is 1.30. The monoisotopic (exact) mass is 439 g/mol. The summed E-state index contributed by atoms with van der Waals surface area (Å²) in [5, 5.41) is 8.49. The van der Waals surface area contributed by atoms with Gasteiger partial charge in [-0.3, -0.25) is 4.79 Å². The van der Waals surface area contributed by atoms with Crippen LogP contribution < -0.4 is 4.72 Å². The highest BCUT2D eigenvalue weighted by molar-refractivity contribution is 7.89. The molecule has 0 spiro atoms. The molecule has 3 aromatic rings. The Morgan fingerprint density at radius 3 is 2.74 bits per heavy atom. The third kappa shape index (κ3) is 5.00. The van der Waals surface area contributed by atoms with Gasteiger partial charge in [-0.05, 0) is 31.0 Å². The highest BCUT2D eigenvalue weighted by atomic mass is 32.2. The van der Waals surface area contributed by atoms with E-state index in [-0.39, 0.29) is 29.8 Å². The largest absolute Gasteiger partial charge is 0.340 e. The molecule has 31 heavy (non-hydrogen) atoms. The molecule has 1 saturated heterocycles. The number of aryl methyl sites for hydroxylation is 1. The molecular weight excluding hydrogens is 414 g/mol. The summed E-state index contributed by atoms with van der Waals surface area (Å²) < 4.78 is 29.1. The topological polar surface area (TPSA) is 97.2 Å². The minimum Gasteiger partial charge on any atom is -0.340 e. The minimum atomic E-state index is -3.62. The Hall–Kier alpha value is -3.04. The summed E-state index contributed by atoms with van der Waals surface area (Å²) in [5.74, 6) is -0.0714. The number of benzene rings is 2. The maximum absolute atomic E-state index is 12.6. The smallest absolute Gasteiger partial charge is 0.240 e. The SMILES string of the molecule is Cc1cccc(S(=O)(=O)NCCC(=O)N2CC[C@H](n3cc(-c4ccccc4)nn3)C2)c1. The molecular formula is C22H25N5O3S. The van der Waals surface area contributed by atoms with Gasteiger partial charge in [-0.15, -0.1) is 5.10 Å². The van der Waals surface area contributed by atoms with Gasteiger partial charge in [-0.1, -0.05) is 47.7 Å². The Morgan fingerprint density at radius 1 is 1.16 bits per heavy atom. The van der Waals surface area contributed by atoms with E-state index in [0.29, 0.717) is 13.1 Å². The first-order chi connectivity index (χ1) is 14.9. The van der Waals surface area contributed by atoms with Crippen molar-refractivity contribution in [2.24, 2.45) is 0 Å². The molecule has 1 atom stereocenters. The fourth-order valence-electron chi connectivity index (χ4n) is 3.70. The fraction of sp³-hybridized carbons (Fsp3) is 0.318. The van der Waals surface area contributed by atoms with E-state index in [1.54, 1.807) is 23.1 Å². The molecule has 1 aromatic heterocycles. The third-order valence-corrected chi connectivity index (χ3v) is 6.86. The molecule has 1 N–H and O–H groups in total. The van der Waals surface area contributed by atoms with Crippen LogP contribution in [0.25, 0.3) is 11.3 Å². The number of carbonyl (C=O) groups is 1. The van der Waals surface area contributed by atoms with Crippen molar-refractivity contribution in [1.29, 1.82) is 0 Å². The van der Waals surface area contributed by atoms with Gasteiger partial charge in [0.1, 0.15) is 5.69 Å². The standard InChI is InChI=1S/C22H25N5O3S/c1-17-6-5-9-20(14-17)31(29,30)23-12-10-22(28)26-13-11-19(15-26)27-16-21(24-25-27)18-7-3-2-4-8-18/h2-9,14,16,19,23H,10-13,15H2,1H3/t19-/m0/s1. The van der Waals surface area contributed by atoms with Gasteiger partial charge in [-0.2, -0.15) is 0 Å². The third-order valence-electron chi connectivity index (χ3n) is 5.40. The number of hydrogen-bond donors (Lipinski definition) is 1. The first kappa shape index (κ1) is 21.2. The van der Waals surface area contributed by atoms with Crippen molar-refractivity contribution in [3.05, 3.63) is 66.4 Å². The molecule has 1 aliphatic rings. The van der Waals surface area contributed by atoms with E-state index in [9.17, 15) is 13.2 Å². The molecule has 4 rings (SSSR count). The lowest BCUT2D eigenvalue weighted by atomic mass is 10.2. The van der Waals surface area contributed by atoms with E-state index in [0.717, 1.165) is 23.2 Å². The van der Waals surface area contributed by atoms with Crippen LogP contribution >= 0.6 is 0 Å². The molecule has 0 aliphatic carbocycles. The second-order valence-corrected chi connectivity index (χ2v) is 9.46. The van der Waals surface area contributed by atoms with Gasteiger partial charge in [-0.25, -0.2) is 17.8 Å². The molecule has 1 fully saturated rings. The van der Waals surface area contributed by atoms with Crippen molar-refractivity contribution >= 4 is 15.9 Å². The molecule has 0 bridgehead atoms. The zero-order valence-corrected chi connectivity index (χ0v) is 18.1. The van der Waals surface area contributed by atoms with Gasteiger partial charge in [0.05, 0.1) is 17.1 Å². The van der Waals surface area contributed by atoms with Gasteiger partial charge in [0.2, 0.25) is 15.9 Å². The van der Waals surface area contributed by atoms with Crippen molar-refractivity contribution in [3.8, 4) is 11.3 Å². The summed E-state index contributed by atoms with van der Waals surface area (Å²) in [5.41, 5.74) is 2.67. The molecule has 1 amide bonds. The van der Waals surface area contributed by atoms with Crippen molar-refractivity contribution < 1.29 is 13.2 Å². The lowest BCUT2D eigenvalue weighted by molar-refractivity contribution is -0.130. The summed E-state index contributed by atoms with van der Waals surface area (Å²) in [6.07, 6.45) is 2.81. The van der Waals surface area contributed by atoms with Crippen LogP contribution in [0.1, 0.15) is 24.4 Å². The number of carbonyl (C=O) groups excluding carboxylic acids is 1. The zero-order valence-electron chi connectivity index (χ0n) is 17.3. The van der Waals surface area contributed by atoms with E-state index in [4.69, 9.17) is 0 Å². The predicted molar refractivity (Wildman–Crippen MR) is 117 cm³/mol. The Morgan fingerprint density at radius 2 is 1.97 bits per heavy atom. The second kappa shape index (κ2) is 8.99. The van der Waals surface area contributed by atoms with Gasteiger partial charge in [0.25, 0.3) is 0 Å². The van der Waals surface area contributed by atoms with Crippen LogP contribution in [0.4, 0.5) is 0 Å². The van der Waals surface area contributed by atoms with Gasteiger partial charge in [0, 0.05) is 31.6 Å². The van der Waals surface area contributed by atoms with Crippen LogP contribution in [0.5, 0.6) is 0 Å². The number of amides is 1. The number of likely N-dealkylation sites (tertiary alicyclic amines) is 1. The van der Waals surface area contributed by atoms with Crippen LogP contribution in [-0.4, -0.2) is 53.9 Å². The van der Waals surface area contributed by atoms with E-state index in [1.165, 1.54) is 0 Å². The quantitative estimate of drug-likeness (QED) is 0.610. The predicted octanol–water partition coefficient (Wildman–Crippen LogP) is 2.40. The number of rotatable bonds is 7. The Labute approximate surface area is 181 Å². The van der Waals surface area contributed by atoms with Gasteiger partial charge in [0.15, 0.2) is 0 Å². The average molecular weight is 440 g/mol. The van der Waals surface area contributed by atoms with E-state index < -0.39 is 10.0 Å². The molecule has 0 unspecified atom stereocenters. The van der Waals surface area contributed by atoms with E-state index in [2.05, 4.69) is 15.0 Å². The number of nitrogens with zero attached hydrogens (tertiary/aromatic N) is 4. The zero-order chi connectivity index (χ0) is 21.8. The van der Waals surface area contributed by atoms with Crippen molar-refractivity contribution in [2.45, 2.75) is 30.7 Å². The normalized spacial score (nSPS) is 16.5. The number of aromatic nitrogens is 3. The first-order valence-electron chi connectivity index (χ1n) is 10.2. The first-order valence-corrected chi connectivity index (χ1v) is 11.7. The van der Waals surface area contributed by atoms with Crippen molar-refractivity contribution in [1.82, 2.24) is 24.6 Å². The summed E-state index contributed by atoms with van der Waals surface area (Å²) in [6.45, 7) is 3.07. The molecule has 8 nitrogen and oxygen atoms in total. The van der Waals surface area contributed by atoms with Crippen LogP contribution in [0.2, 0.25) is 0 Å². The fourth-order valence-corrected chi connectivity index (χ4v) is 4.83. The van der Waals surface area contributed by atoms with E-state index in [1.807, 2.05) is 54.2 Å². The van der Waals surface area contributed by atoms with Gasteiger partial charge >= 0.3 is 0 Å². The van der Waals surface area contributed by atoms with Crippen LogP contribution in [0.15, 0.2) is 65.7 Å². The highest BCUT2D eigenvalue weighted by Gasteiger charge is 2.28. The molecule has 1 aliphatic heterocycles. The van der Waals surface area contributed by atoms with Crippen LogP contribution in [0, 0.1) is 6.92 Å². The molecule has 2 aromatic carbocycles. The molecule has 0 radical (unpaired) electrons. The number of hydrogen-bond acceptors (Lipinski definition) is 5. The molecule has 2 heterocycles. The second-order valence-electron chi connectivity index (χ2n) is 7.70. The Bertz CT molecular complexity index is 1160. The Kier molecular flexibility index (Phi) is 6.15. The molecule has 9 heteroatoms. The molecule has 162 valence electrons. The summed E-state index contributed by atoms with van der Waals surface area (Å²) in [4.78, 5) is 14.5. The van der Waals surface area contributed by atoms with Crippen LogP contribution in [0.3, 0.4) is 0 Å². The van der Waals surface area contributed by atoms with Crippen LogP contribution in [-0.2, 0) is 14.8 Å². The minimum absolute atomic E-state index is 0.0672. The maximum Gasteiger partial charge on any atom is 0.240 e. The van der Waals surface area contributed by atoms with Crippen molar-refractivity contribution in [3.63, 3.8) is 0 Å². The highest BCUT2D eigenvalue weighted by Crippen LogP contribution is 2.24. The lowest BCUT2D eigenvalue weighted by Crippen LogP contribution is -2.33. The maximum atomic E-state index is 12.6. The lowest BCUT2D eigenvalue weighted by Gasteiger charge is -2.16.